The van der Waals surface area contributed by atoms with Crippen LogP contribution in [0.4, 0.5) is 29.5 Å². The van der Waals surface area contributed by atoms with Crippen LogP contribution < -0.4 is 25.4 Å². The number of benzene rings is 2. The van der Waals surface area contributed by atoms with E-state index in [1.165, 1.54) is 0 Å². The molecule has 35 heavy (non-hydrogen) atoms. The van der Waals surface area contributed by atoms with Crippen LogP contribution in [0.1, 0.15) is 23.5 Å². The van der Waals surface area contributed by atoms with Crippen molar-refractivity contribution in [3.05, 3.63) is 71.2 Å². The average Bonchev–Trinajstić information content (AvgIpc) is 3.32. The summed E-state index contributed by atoms with van der Waals surface area (Å²) in [6.07, 6.45) is 2.09. The minimum absolute atomic E-state index is 0.0934. The summed E-state index contributed by atoms with van der Waals surface area (Å²) < 4.78 is 52.6. The van der Waals surface area contributed by atoms with Crippen LogP contribution in [-0.2, 0) is 11.2 Å². The number of hydrogen-bond acceptors (Lipinski definition) is 5. The highest BCUT2D eigenvalue weighted by atomic mass is 19.1. The third-order valence-electron chi connectivity index (χ3n) is 6.20. The van der Waals surface area contributed by atoms with Crippen LogP contribution in [0.25, 0.3) is 0 Å². The zero-order chi connectivity index (χ0) is 24.3. The first-order chi connectivity index (χ1) is 16.9. The Balaban J connectivity index is 1.15. The fraction of sp³-hybridized carbons (Fsp3) is 0.208. The van der Waals surface area contributed by atoms with Gasteiger partial charge in [0.1, 0.15) is 40.7 Å². The summed E-state index contributed by atoms with van der Waals surface area (Å²) in [4.78, 5) is 28.1. The van der Waals surface area contributed by atoms with Gasteiger partial charge >= 0.3 is 6.03 Å². The van der Waals surface area contributed by atoms with Crippen LogP contribution in [0.3, 0.4) is 0 Å². The number of fused-ring (bicyclic) bond motifs is 4. The van der Waals surface area contributed by atoms with Gasteiger partial charge < -0.3 is 25.4 Å². The maximum atomic E-state index is 13.8. The van der Waals surface area contributed by atoms with Gasteiger partial charge in [0.15, 0.2) is 11.6 Å². The molecular formula is C24H17F3N4O4. The highest BCUT2D eigenvalue weighted by Crippen LogP contribution is 2.54. The molecule has 3 amide bonds. The fourth-order valence-electron chi connectivity index (χ4n) is 4.52. The van der Waals surface area contributed by atoms with Crippen molar-refractivity contribution in [3.63, 3.8) is 0 Å². The van der Waals surface area contributed by atoms with Crippen molar-refractivity contribution in [3.8, 4) is 17.2 Å². The van der Waals surface area contributed by atoms with E-state index in [2.05, 4.69) is 20.9 Å². The van der Waals surface area contributed by atoms with Crippen LogP contribution in [0.5, 0.6) is 17.2 Å². The maximum absolute atomic E-state index is 13.8. The van der Waals surface area contributed by atoms with E-state index in [1.807, 2.05) is 6.07 Å². The highest BCUT2D eigenvalue weighted by Gasteiger charge is 2.59. The number of rotatable bonds is 4. The lowest BCUT2D eigenvalue weighted by molar-refractivity contribution is -0.116. The minimum Gasteiger partial charge on any atom is -0.487 e. The Bertz CT molecular complexity index is 1380. The standard InChI is InChI=1S/C24H17F3N4O4/c25-10-7-14(26)20(15(27)8-10)30-24(33)31-21-19-13-9-11(1-3-16(13)35-22(19)21)34-17-5-6-28-23-12(17)2-4-18(32)29-23/h1,3,5-9,19,21-22H,2,4H2,(H,28,29,32)(H2,30,31,33)/t19-,21?,22-/m0/s1. The number of nitrogens with one attached hydrogen (secondary N) is 3. The lowest BCUT2D eigenvalue weighted by Crippen LogP contribution is -2.34. The first-order valence-corrected chi connectivity index (χ1v) is 10.9. The molecule has 0 saturated heterocycles. The van der Waals surface area contributed by atoms with Gasteiger partial charge in [-0.25, -0.2) is 22.9 Å². The normalized spacial score (nSPS) is 21.1. The molecule has 2 aromatic carbocycles. The second-order valence-corrected chi connectivity index (χ2v) is 8.46. The SMILES string of the molecule is O=C1CCc2c(Oc3ccc4c(c3)[C@H]3C(NC(=O)Nc5c(F)cc(F)cc5F)[C@H]3O4)ccnc2N1. The smallest absolute Gasteiger partial charge is 0.319 e. The molecule has 0 radical (unpaired) electrons. The first-order valence-electron chi connectivity index (χ1n) is 10.9. The van der Waals surface area contributed by atoms with Crippen molar-refractivity contribution in [1.82, 2.24) is 10.3 Å². The molecule has 3 atom stereocenters. The lowest BCUT2D eigenvalue weighted by atomic mass is 10.1. The van der Waals surface area contributed by atoms with Gasteiger partial charge in [-0.3, -0.25) is 4.79 Å². The van der Waals surface area contributed by atoms with Crippen LogP contribution in [0, 0.1) is 17.5 Å². The van der Waals surface area contributed by atoms with Gasteiger partial charge in [0.25, 0.3) is 0 Å². The van der Waals surface area contributed by atoms with Crippen molar-refractivity contribution < 1.29 is 32.2 Å². The van der Waals surface area contributed by atoms with E-state index in [-0.39, 0.29) is 17.9 Å². The van der Waals surface area contributed by atoms with Crippen molar-refractivity contribution in [2.24, 2.45) is 0 Å². The molecule has 3 heterocycles. The molecule has 0 spiro atoms. The van der Waals surface area contributed by atoms with Crippen LogP contribution in [0.2, 0.25) is 0 Å². The molecule has 0 bridgehead atoms. The first kappa shape index (κ1) is 21.3. The fourth-order valence-corrected chi connectivity index (χ4v) is 4.52. The average molecular weight is 482 g/mol. The Kier molecular flexibility index (Phi) is 4.80. The topological polar surface area (TPSA) is 102 Å². The number of amides is 3. The number of aromatic nitrogens is 1. The molecule has 6 rings (SSSR count). The third kappa shape index (κ3) is 3.78. The molecule has 178 valence electrons. The summed E-state index contributed by atoms with van der Waals surface area (Å²) in [5.41, 5.74) is 0.904. The van der Waals surface area contributed by atoms with Crippen LogP contribution in [0.15, 0.2) is 42.6 Å². The Morgan fingerprint density at radius 1 is 1.11 bits per heavy atom. The zero-order valence-corrected chi connectivity index (χ0v) is 17.9. The van der Waals surface area contributed by atoms with Gasteiger partial charge in [-0.05, 0) is 30.7 Å². The van der Waals surface area contributed by atoms with Gasteiger partial charge in [0, 0.05) is 35.9 Å². The number of urea groups is 1. The van der Waals surface area contributed by atoms with E-state index in [0.717, 1.165) is 11.1 Å². The number of pyridine rings is 1. The van der Waals surface area contributed by atoms with Gasteiger partial charge in [0.2, 0.25) is 5.91 Å². The van der Waals surface area contributed by atoms with Crippen molar-refractivity contribution >= 4 is 23.4 Å². The molecule has 1 fully saturated rings. The Morgan fingerprint density at radius 2 is 1.91 bits per heavy atom. The Labute approximate surface area is 196 Å². The number of hydrogen-bond donors (Lipinski definition) is 3. The van der Waals surface area contributed by atoms with E-state index < -0.39 is 35.2 Å². The molecule has 1 aromatic heterocycles. The molecule has 3 N–H and O–H groups in total. The summed E-state index contributed by atoms with van der Waals surface area (Å²) >= 11 is 0. The molecule has 1 aliphatic carbocycles. The molecule has 11 heteroatoms. The Morgan fingerprint density at radius 3 is 2.71 bits per heavy atom. The van der Waals surface area contributed by atoms with E-state index >= 15 is 0 Å². The second kappa shape index (κ2) is 7.90. The van der Waals surface area contributed by atoms with Gasteiger partial charge in [-0.15, -0.1) is 0 Å². The number of halogens is 3. The summed E-state index contributed by atoms with van der Waals surface area (Å²) in [6.45, 7) is 0. The second-order valence-electron chi connectivity index (χ2n) is 8.46. The lowest BCUT2D eigenvalue weighted by Gasteiger charge is -2.19. The molecule has 3 aliphatic rings. The minimum atomic E-state index is -1.21. The summed E-state index contributed by atoms with van der Waals surface area (Å²) in [6, 6.07) is 6.79. The van der Waals surface area contributed by atoms with E-state index in [9.17, 15) is 22.8 Å². The van der Waals surface area contributed by atoms with Crippen molar-refractivity contribution in [2.45, 2.75) is 30.9 Å². The van der Waals surface area contributed by atoms with Gasteiger partial charge in [-0.1, -0.05) is 0 Å². The number of carbonyl (C=O) groups is 2. The predicted molar refractivity (Wildman–Crippen MR) is 117 cm³/mol. The molecule has 1 unspecified atom stereocenters. The number of carbonyl (C=O) groups excluding carboxylic acids is 2. The van der Waals surface area contributed by atoms with E-state index in [0.29, 0.717) is 48.0 Å². The maximum Gasteiger partial charge on any atom is 0.319 e. The van der Waals surface area contributed by atoms with Gasteiger partial charge in [0.05, 0.1) is 12.0 Å². The van der Waals surface area contributed by atoms with Gasteiger partial charge in [-0.2, -0.15) is 0 Å². The molecule has 3 aromatic rings. The number of nitrogens with zero attached hydrogens (tertiary/aromatic N) is 1. The quantitative estimate of drug-likeness (QED) is 0.517. The summed E-state index contributed by atoms with van der Waals surface area (Å²) in [5.74, 6) is -1.49. The number of ether oxygens (including phenoxy) is 2. The molecule has 2 aliphatic heterocycles. The van der Waals surface area contributed by atoms with Crippen LogP contribution >= 0.6 is 0 Å². The third-order valence-corrected chi connectivity index (χ3v) is 6.20. The molecule has 1 saturated carbocycles. The summed E-state index contributed by atoms with van der Waals surface area (Å²) in [7, 11) is 0. The zero-order valence-electron chi connectivity index (χ0n) is 17.9. The van der Waals surface area contributed by atoms with Crippen molar-refractivity contribution in [2.75, 3.05) is 10.6 Å². The molecular weight excluding hydrogens is 465 g/mol. The largest absolute Gasteiger partial charge is 0.487 e. The monoisotopic (exact) mass is 482 g/mol. The predicted octanol–water partition coefficient (Wildman–Crippen LogP) is 4.22. The molecule has 8 nitrogen and oxygen atoms in total. The highest BCUT2D eigenvalue weighted by molar-refractivity contribution is 5.93. The van der Waals surface area contributed by atoms with Crippen LogP contribution in [-0.4, -0.2) is 29.1 Å². The number of anilines is 2. The van der Waals surface area contributed by atoms with E-state index in [1.54, 1.807) is 24.4 Å². The van der Waals surface area contributed by atoms with E-state index in [4.69, 9.17) is 9.47 Å². The summed E-state index contributed by atoms with van der Waals surface area (Å²) in [5, 5.41) is 7.45. The Hall–Kier alpha value is -4.28. The van der Waals surface area contributed by atoms with Crippen molar-refractivity contribution in [1.29, 1.82) is 0 Å².